The van der Waals surface area contributed by atoms with Gasteiger partial charge in [0.2, 0.25) is 5.91 Å². The van der Waals surface area contributed by atoms with E-state index >= 15 is 0 Å². The Morgan fingerprint density at radius 2 is 2.05 bits per heavy atom. The van der Waals surface area contributed by atoms with Gasteiger partial charge in [0.15, 0.2) is 0 Å². The molecule has 1 unspecified atom stereocenters. The van der Waals surface area contributed by atoms with Gasteiger partial charge in [-0.05, 0) is 18.4 Å². The van der Waals surface area contributed by atoms with E-state index in [1.165, 1.54) is 10.6 Å². The molecule has 1 rings (SSSR count). The van der Waals surface area contributed by atoms with Gasteiger partial charge in [-0.1, -0.05) is 19.9 Å². The monoisotopic (exact) mass is 294 g/mol. The van der Waals surface area contributed by atoms with E-state index in [0.717, 1.165) is 0 Å². The predicted molar refractivity (Wildman–Crippen MR) is 78.9 cm³/mol. The summed E-state index contributed by atoms with van der Waals surface area (Å²) in [4.78, 5) is 34.3. The van der Waals surface area contributed by atoms with Gasteiger partial charge in [0.05, 0.1) is 5.92 Å². The van der Waals surface area contributed by atoms with E-state index in [0.29, 0.717) is 6.42 Å². The molecule has 0 aliphatic rings. The van der Waals surface area contributed by atoms with Crippen LogP contribution in [0.25, 0.3) is 0 Å². The third kappa shape index (κ3) is 6.25. The van der Waals surface area contributed by atoms with Crippen LogP contribution in [0.1, 0.15) is 26.7 Å². The van der Waals surface area contributed by atoms with Crippen LogP contribution >= 0.6 is 0 Å². The molecule has 21 heavy (non-hydrogen) atoms. The molecule has 116 valence electrons. The average Bonchev–Trinajstić information content (AvgIpc) is 2.41. The molecule has 0 radical (unpaired) electrons. The Balaban J connectivity index is 2.41. The van der Waals surface area contributed by atoms with Crippen molar-refractivity contribution in [1.29, 1.82) is 0 Å². The lowest BCUT2D eigenvalue weighted by atomic mass is 9.97. The van der Waals surface area contributed by atoms with Crippen molar-refractivity contribution >= 4 is 11.9 Å². The number of hydrogen-bond acceptors (Lipinski definition) is 3. The number of carboxylic acids is 1. The molecule has 0 aliphatic carbocycles. The third-order valence-electron chi connectivity index (χ3n) is 3.13. The highest BCUT2D eigenvalue weighted by Gasteiger charge is 2.19. The first-order chi connectivity index (χ1) is 9.90. The first kappa shape index (κ1) is 16.9. The second-order valence-corrected chi connectivity index (χ2v) is 5.45. The molecule has 2 N–H and O–H groups in total. The number of aliphatic carboxylic acids is 1. The highest BCUT2D eigenvalue weighted by molar-refractivity contribution is 5.77. The van der Waals surface area contributed by atoms with Crippen LogP contribution in [0.4, 0.5) is 0 Å². The normalized spacial score (nSPS) is 12.1. The Morgan fingerprint density at radius 1 is 1.33 bits per heavy atom. The minimum atomic E-state index is -0.900. The number of pyridine rings is 1. The summed E-state index contributed by atoms with van der Waals surface area (Å²) in [7, 11) is 0. The number of rotatable bonds is 8. The summed E-state index contributed by atoms with van der Waals surface area (Å²) in [5.41, 5.74) is -0.159. The van der Waals surface area contributed by atoms with Crippen molar-refractivity contribution in [2.45, 2.75) is 33.2 Å². The second kappa shape index (κ2) is 8.24. The lowest BCUT2D eigenvalue weighted by Crippen LogP contribution is -2.34. The summed E-state index contributed by atoms with van der Waals surface area (Å²) in [6.45, 7) is 4.29. The number of nitrogens with zero attached hydrogens (tertiary/aromatic N) is 1. The van der Waals surface area contributed by atoms with Gasteiger partial charge >= 0.3 is 5.97 Å². The Labute approximate surface area is 123 Å². The van der Waals surface area contributed by atoms with Gasteiger partial charge in [-0.3, -0.25) is 14.4 Å². The predicted octanol–water partition coefficient (Wildman–Crippen LogP) is 1.10. The minimum Gasteiger partial charge on any atom is -0.481 e. The van der Waals surface area contributed by atoms with Crippen LogP contribution in [-0.4, -0.2) is 28.1 Å². The number of aryl methyl sites for hydroxylation is 1. The smallest absolute Gasteiger partial charge is 0.308 e. The van der Waals surface area contributed by atoms with Crippen LogP contribution in [-0.2, 0) is 16.1 Å². The van der Waals surface area contributed by atoms with Crippen LogP contribution in [0.2, 0.25) is 0 Å². The van der Waals surface area contributed by atoms with Crippen LogP contribution in [0.3, 0.4) is 0 Å². The maximum atomic E-state index is 11.7. The zero-order valence-electron chi connectivity index (χ0n) is 12.4. The Bertz CT molecular complexity index is 536. The number of nitrogens with one attached hydrogen (secondary N) is 1. The average molecular weight is 294 g/mol. The fraction of sp³-hybridized carbons (Fsp3) is 0.533. The molecule has 0 aliphatic heterocycles. The van der Waals surface area contributed by atoms with E-state index in [4.69, 9.17) is 5.11 Å². The molecular weight excluding hydrogens is 272 g/mol. The first-order valence-electron chi connectivity index (χ1n) is 7.05. The minimum absolute atomic E-state index is 0.121. The van der Waals surface area contributed by atoms with Gasteiger partial charge in [-0.2, -0.15) is 0 Å². The van der Waals surface area contributed by atoms with Crippen molar-refractivity contribution in [3.63, 3.8) is 0 Å². The van der Waals surface area contributed by atoms with Crippen LogP contribution in [0, 0.1) is 11.8 Å². The van der Waals surface area contributed by atoms with Crippen molar-refractivity contribution in [3.05, 3.63) is 34.7 Å². The molecule has 0 bridgehead atoms. The number of aromatic nitrogens is 1. The second-order valence-electron chi connectivity index (χ2n) is 5.45. The summed E-state index contributed by atoms with van der Waals surface area (Å²) in [5.74, 6) is -1.47. The Morgan fingerprint density at radius 3 is 2.62 bits per heavy atom. The van der Waals surface area contributed by atoms with E-state index in [1.54, 1.807) is 18.3 Å². The van der Waals surface area contributed by atoms with Crippen molar-refractivity contribution in [2.75, 3.05) is 6.54 Å². The molecule has 0 saturated carbocycles. The van der Waals surface area contributed by atoms with E-state index in [2.05, 4.69) is 5.32 Å². The van der Waals surface area contributed by atoms with Crippen LogP contribution < -0.4 is 10.9 Å². The molecule has 0 saturated heterocycles. The van der Waals surface area contributed by atoms with Gasteiger partial charge in [0.1, 0.15) is 0 Å². The zero-order valence-corrected chi connectivity index (χ0v) is 12.4. The quantitative estimate of drug-likeness (QED) is 0.751. The molecule has 1 amide bonds. The Kier molecular flexibility index (Phi) is 6.65. The van der Waals surface area contributed by atoms with Gasteiger partial charge < -0.3 is 15.0 Å². The van der Waals surface area contributed by atoms with Crippen molar-refractivity contribution in [3.8, 4) is 0 Å². The standard InChI is InChI=1S/C15H22N2O4/c1-11(2)9-12(15(20)21)10-16-13(18)6-8-17-7-4-3-5-14(17)19/h3-5,7,11-12H,6,8-10H2,1-2H3,(H,16,18)(H,20,21). The maximum absolute atomic E-state index is 11.7. The van der Waals surface area contributed by atoms with Crippen LogP contribution in [0.15, 0.2) is 29.2 Å². The molecule has 0 aromatic carbocycles. The number of carbonyl (C=O) groups excluding carboxylic acids is 1. The number of amides is 1. The van der Waals surface area contributed by atoms with Gasteiger partial charge in [0.25, 0.3) is 5.56 Å². The summed E-state index contributed by atoms with van der Waals surface area (Å²) < 4.78 is 1.45. The molecule has 0 fully saturated rings. The summed E-state index contributed by atoms with van der Waals surface area (Å²) in [6.07, 6.45) is 2.29. The van der Waals surface area contributed by atoms with Gasteiger partial charge in [0, 0.05) is 31.8 Å². The van der Waals surface area contributed by atoms with E-state index < -0.39 is 11.9 Å². The van der Waals surface area contributed by atoms with Crippen molar-refractivity contribution < 1.29 is 14.7 Å². The summed E-state index contributed by atoms with van der Waals surface area (Å²) in [5, 5.41) is 11.7. The van der Waals surface area contributed by atoms with E-state index in [1.807, 2.05) is 13.8 Å². The summed E-state index contributed by atoms with van der Waals surface area (Å²) >= 11 is 0. The fourth-order valence-corrected chi connectivity index (χ4v) is 2.03. The zero-order chi connectivity index (χ0) is 15.8. The lowest BCUT2D eigenvalue weighted by Gasteiger charge is -2.15. The van der Waals surface area contributed by atoms with Crippen molar-refractivity contribution in [1.82, 2.24) is 9.88 Å². The molecule has 6 nitrogen and oxygen atoms in total. The highest BCUT2D eigenvalue weighted by atomic mass is 16.4. The molecule has 6 heteroatoms. The molecule has 0 spiro atoms. The maximum Gasteiger partial charge on any atom is 0.308 e. The van der Waals surface area contributed by atoms with Gasteiger partial charge in [-0.15, -0.1) is 0 Å². The molecule has 1 aromatic rings. The Hall–Kier alpha value is -2.11. The largest absolute Gasteiger partial charge is 0.481 e. The van der Waals surface area contributed by atoms with Gasteiger partial charge in [-0.25, -0.2) is 0 Å². The SMILES string of the molecule is CC(C)CC(CNC(=O)CCn1ccccc1=O)C(=O)O. The number of hydrogen-bond donors (Lipinski definition) is 2. The lowest BCUT2D eigenvalue weighted by molar-refractivity contribution is -0.142. The van der Waals surface area contributed by atoms with E-state index in [-0.39, 0.29) is 36.9 Å². The van der Waals surface area contributed by atoms with Crippen LogP contribution in [0.5, 0.6) is 0 Å². The fourth-order valence-electron chi connectivity index (χ4n) is 2.03. The third-order valence-corrected chi connectivity index (χ3v) is 3.13. The van der Waals surface area contributed by atoms with Crippen molar-refractivity contribution in [2.24, 2.45) is 11.8 Å². The number of carboxylic acid groups (broad SMARTS) is 1. The van der Waals surface area contributed by atoms with E-state index in [9.17, 15) is 14.4 Å². The molecular formula is C15H22N2O4. The topological polar surface area (TPSA) is 88.4 Å². The highest BCUT2D eigenvalue weighted by Crippen LogP contribution is 2.11. The molecule has 1 heterocycles. The number of carbonyl (C=O) groups is 2. The molecule has 1 atom stereocenters. The first-order valence-corrected chi connectivity index (χ1v) is 7.05. The summed E-state index contributed by atoms with van der Waals surface area (Å²) in [6, 6.07) is 4.80. The molecule has 1 aromatic heterocycles.